The van der Waals surface area contributed by atoms with Crippen LogP contribution in [0.25, 0.3) is 0 Å². The van der Waals surface area contributed by atoms with E-state index in [1.165, 1.54) is 19.9 Å². The van der Waals surface area contributed by atoms with Crippen LogP contribution >= 0.6 is 0 Å². The molecule has 5 N–H and O–H groups in total. The SMILES string of the molecule is CCCCNC(=O)CCC(C)N(CC)C(=O)CCCCC(C)CC.CN.CO.CO.c1ccccc1. The largest absolute Gasteiger partial charge is 0.400 e. The van der Waals surface area contributed by atoms with Crippen molar-refractivity contribution in [2.24, 2.45) is 11.7 Å². The number of unbranched alkanes of at least 4 members (excludes halogenated alkanes) is 2. The summed E-state index contributed by atoms with van der Waals surface area (Å²) >= 11 is 0. The van der Waals surface area contributed by atoms with Gasteiger partial charge in [-0.05, 0) is 46.1 Å². The maximum absolute atomic E-state index is 12.4. The number of benzene rings is 1. The van der Waals surface area contributed by atoms with Crippen LogP contribution < -0.4 is 11.1 Å². The first-order valence-corrected chi connectivity index (χ1v) is 13.5. The zero-order valence-corrected chi connectivity index (χ0v) is 24.6. The summed E-state index contributed by atoms with van der Waals surface area (Å²) in [6, 6.07) is 12.1. The molecule has 0 fully saturated rings. The molecule has 0 aliphatic heterocycles. The van der Waals surface area contributed by atoms with Crippen molar-refractivity contribution < 1.29 is 19.8 Å². The summed E-state index contributed by atoms with van der Waals surface area (Å²) in [5.41, 5.74) is 4.50. The number of aliphatic hydroxyl groups excluding tert-OH is 2. The van der Waals surface area contributed by atoms with Crippen molar-refractivity contribution >= 4 is 11.8 Å². The summed E-state index contributed by atoms with van der Waals surface area (Å²) in [5.74, 6) is 1.10. The zero-order chi connectivity index (χ0) is 28.6. The molecule has 0 saturated carbocycles. The highest BCUT2D eigenvalue weighted by molar-refractivity contribution is 5.77. The number of rotatable bonds is 14. The van der Waals surface area contributed by atoms with Gasteiger partial charge < -0.3 is 26.2 Å². The average molecular weight is 514 g/mol. The number of hydrogen-bond acceptors (Lipinski definition) is 5. The number of carbonyl (C=O) groups excluding carboxylic acids is 2. The number of nitrogens with two attached hydrogens (primary N) is 1. The molecule has 0 aliphatic rings. The number of amides is 2. The van der Waals surface area contributed by atoms with Gasteiger partial charge in [-0.25, -0.2) is 0 Å². The van der Waals surface area contributed by atoms with E-state index in [0.717, 1.165) is 65.3 Å². The lowest BCUT2D eigenvalue weighted by molar-refractivity contribution is -0.134. The summed E-state index contributed by atoms with van der Waals surface area (Å²) in [5, 5.41) is 16.9. The Morgan fingerprint density at radius 3 is 1.72 bits per heavy atom. The van der Waals surface area contributed by atoms with Gasteiger partial charge in [0.05, 0.1) is 0 Å². The van der Waals surface area contributed by atoms with Crippen molar-refractivity contribution in [3.8, 4) is 0 Å². The third-order valence-electron chi connectivity index (χ3n) is 5.54. The second-order valence-electron chi connectivity index (χ2n) is 8.18. The van der Waals surface area contributed by atoms with E-state index < -0.39 is 0 Å². The number of nitrogens with zero attached hydrogens (tertiary/aromatic N) is 1. The van der Waals surface area contributed by atoms with Gasteiger partial charge in [0.25, 0.3) is 0 Å². The van der Waals surface area contributed by atoms with Crippen molar-refractivity contribution in [1.82, 2.24) is 10.2 Å². The highest BCUT2D eigenvalue weighted by Gasteiger charge is 2.18. The molecule has 7 nitrogen and oxygen atoms in total. The fourth-order valence-corrected chi connectivity index (χ4v) is 3.22. The minimum absolute atomic E-state index is 0.104. The predicted molar refractivity (Wildman–Crippen MR) is 155 cm³/mol. The third-order valence-corrected chi connectivity index (χ3v) is 5.54. The molecule has 1 aromatic rings. The second kappa shape index (κ2) is 35.2. The molecule has 1 aromatic carbocycles. The lowest BCUT2D eigenvalue weighted by Crippen LogP contribution is -2.39. The van der Waals surface area contributed by atoms with Gasteiger partial charge in [0.2, 0.25) is 11.8 Å². The molecule has 7 heteroatoms. The molecule has 0 radical (unpaired) electrons. The summed E-state index contributed by atoms with van der Waals surface area (Å²) in [4.78, 5) is 26.1. The summed E-state index contributed by atoms with van der Waals surface area (Å²) in [6.07, 6.45) is 8.53. The van der Waals surface area contributed by atoms with E-state index in [1.807, 2.05) is 48.2 Å². The number of nitrogens with one attached hydrogen (secondary N) is 1. The molecule has 0 bridgehead atoms. The van der Waals surface area contributed by atoms with Crippen molar-refractivity contribution in [2.75, 3.05) is 34.4 Å². The summed E-state index contributed by atoms with van der Waals surface area (Å²) in [7, 11) is 3.50. The van der Waals surface area contributed by atoms with Crippen molar-refractivity contribution in [2.45, 2.75) is 98.4 Å². The normalized spacial score (nSPS) is 10.8. The topological polar surface area (TPSA) is 116 Å². The molecule has 2 atom stereocenters. The lowest BCUT2D eigenvalue weighted by atomic mass is 10.0. The molecule has 2 unspecified atom stereocenters. The number of aliphatic hydroxyl groups is 2. The molecule has 0 aromatic heterocycles. The molecule has 36 heavy (non-hydrogen) atoms. The summed E-state index contributed by atoms with van der Waals surface area (Å²) < 4.78 is 0. The van der Waals surface area contributed by atoms with Gasteiger partial charge in [0, 0.05) is 46.2 Å². The van der Waals surface area contributed by atoms with Crippen LogP contribution in [0, 0.1) is 5.92 Å². The van der Waals surface area contributed by atoms with E-state index in [2.05, 4.69) is 38.7 Å². The van der Waals surface area contributed by atoms with Crippen LogP contribution in [0.15, 0.2) is 36.4 Å². The van der Waals surface area contributed by atoms with Crippen LogP contribution in [-0.2, 0) is 9.59 Å². The van der Waals surface area contributed by atoms with Crippen molar-refractivity contribution in [1.29, 1.82) is 0 Å². The minimum Gasteiger partial charge on any atom is -0.400 e. The van der Waals surface area contributed by atoms with E-state index in [0.29, 0.717) is 12.8 Å². The molecule has 2 amide bonds. The molecule has 0 spiro atoms. The average Bonchev–Trinajstić information content (AvgIpc) is 2.95. The first kappa shape index (κ1) is 41.2. The highest BCUT2D eigenvalue weighted by Crippen LogP contribution is 2.14. The molecule has 0 heterocycles. The highest BCUT2D eigenvalue weighted by atomic mass is 16.2. The molecule has 214 valence electrons. The van der Waals surface area contributed by atoms with Gasteiger partial charge in [-0.2, -0.15) is 0 Å². The Morgan fingerprint density at radius 2 is 1.31 bits per heavy atom. The number of hydrogen-bond donors (Lipinski definition) is 4. The fourth-order valence-electron chi connectivity index (χ4n) is 3.22. The van der Waals surface area contributed by atoms with Crippen LogP contribution in [-0.4, -0.2) is 67.3 Å². The zero-order valence-electron chi connectivity index (χ0n) is 24.6. The van der Waals surface area contributed by atoms with Crippen LogP contribution in [0.4, 0.5) is 0 Å². The van der Waals surface area contributed by atoms with E-state index in [4.69, 9.17) is 10.2 Å². The first-order valence-electron chi connectivity index (χ1n) is 13.5. The van der Waals surface area contributed by atoms with Crippen LogP contribution in [0.5, 0.6) is 0 Å². The Labute approximate surface area is 222 Å². The van der Waals surface area contributed by atoms with Gasteiger partial charge >= 0.3 is 0 Å². The fraction of sp³-hybridized carbons (Fsp3) is 0.724. The predicted octanol–water partition coefficient (Wildman–Crippen LogP) is 5.00. The van der Waals surface area contributed by atoms with Crippen LogP contribution in [0.3, 0.4) is 0 Å². The molecule has 0 saturated heterocycles. The van der Waals surface area contributed by atoms with Gasteiger partial charge in [0.15, 0.2) is 0 Å². The van der Waals surface area contributed by atoms with E-state index in [9.17, 15) is 9.59 Å². The first-order chi connectivity index (χ1) is 17.5. The smallest absolute Gasteiger partial charge is 0.222 e. The Balaban J connectivity index is -0.000000353. The lowest BCUT2D eigenvalue weighted by Gasteiger charge is -2.28. The van der Waals surface area contributed by atoms with Crippen LogP contribution in [0.2, 0.25) is 0 Å². The van der Waals surface area contributed by atoms with E-state index in [1.54, 1.807) is 0 Å². The second-order valence-corrected chi connectivity index (χ2v) is 8.18. The van der Waals surface area contributed by atoms with Gasteiger partial charge in [-0.15, -0.1) is 0 Å². The maximum atomic E-state index is 12.4. The van der Waals surface area contributed by atoms with Crippen LogP contribution in [0.1, 0.15) is 92.4 Å². The quantitative estimate of drug-likeness (QED) is 0.261. The van der Waals surface area contributed by atoms with Gasteiger partial charge in [-0.1, -0.05) is 82.9 Å². The molecule has 0 aliphatic carbocycles. The Morgan fingerprint density at radius 1 is 0.806 bits per heavy atom. The minimum atomic E-state index is 0.104. The Hall–Kier alpha value is -1.96. The third kappa shape index (κ3) is 28.3. The van der Waals surface area contributed by atoms with E-state index >= 15 is 0 Å². The monoisotopic (exact) mass is 513 g/mol. The Bertz CT molecular complexity index is 518. The Kier molecular flexibility index (Phi) is 40.3. The molecular weight excluding hydrogens is 454 g/mol. The summed E-state index contributed by atoms with van der Waals surface area (Å²) in [6.45, 7) is 12.2. The molecular formula is C29H59N3O4. The molecule has 1 rings (SSSR count). The van der Waals surface area contributed by atoms with E-state index in [-0.39, 0.29) is 17.9 Å². The maximum Gasteiger partial charge on any atom is 0.222 e. The number of carbonyl (C=O) groups is 2. The standard InChI is InChI=1S/C20H40N2O2.C6H6.CH5N.2CH4O/c1-6-9-16-21-19(23)15-14-18(5)22(8-3)20(24)13-11-10-12-17(4)7-2;1-2-4-6-5-3-1;3*1-2/h17-18H,6-16H2,1-5H3,(H,21,23);1-6H;2H2,1H3;2*2H,1H3. The van der Waals surface area contributed by atoms with Crippen molar-refractivity contribution in [3.63, 3.8) is 0 Å². The van der Waals surface area contributed by atoms with Crippen molar-refractivity contribution in [3.05, 3.63) is 36.4 Å². The van der Waals surface area contributed by atoms with Gasteiger partial charge in [0.1, 0.15) is 0 Å². The van der Waals surface area contributed by atoms with Gasteiger partial charge in [-0.3, -0.25) is 9.59 Å².